The first-order valence-corrected chi connectivity index (χ1v) is 4.45. The van der Waals surface area contributed by atoms with E-state index in [0.717, 1.165) is 10.2 Å². The minimum absolute atomic E-state index is 0.687. The van der Waals surface area contributed by atoms with E-state index in [-0.39, 0.29) is 0 Å². The third-order valence-electron chi connectivity index (χ3n) is 1.65. The van der Waals surface area contributed by atoms with E-state index in [4.69, 9.17) is 10.00 Å². The SMILES string of the molecule is COc1ccc(Br)cc1N(C)C#N. The Labute approximate surface area is 85.7 Å². The molecule has 4 heteroatoms. The van der Waals surface area contributed by atoms with Gasteiger partial charge < -0.3 is 4.74 Å². The lowest BCUT2D eigenvalue weighted by molar-refractivity contribution is 0.415. The van der Waals surface area contributed by atoms with Gasteiger partial charge in [-0.05, 0) is 18.2 Å². The smallest absolute Gasteiger partial charge is 0.184 e. The van der Waals surface area contributed by atoms with Gasteiger partial charge in [0.2, 0.25) is 0 Å². The Hall–Kier alpha value is -1.21. The molecule has 1 rings (SSSR count). The maximum Gasteiger partial charge on any atom is 0.184 e. The number of hydrogen-bond acceptors (Lipinski definition) is 3. The van der Waals surface area contributed by atoms with Crippen LogP contribution in [0.1, 0.15) is 0 Å². The topological polar surface area (TPSA) is 36.3 Å². The van der Waals surface area contributed by atoms with E-state index in [1.54, 1.807) is 14.2 Å². The molecule has 0 radical (unpaired) electrons. The summed E-state index contributed by atoms with van der Waals surface area (Å²) in [7, 11) is 3.27. The van der Waals surface area contributed by atoms with Crippen LogP contribution in [-0.2, 0) is 0 Å². The number of rotatable bonds is 2. The highest BCUT2D eigenvalue weighted by Crippen LogP contribution is 2.29. The first-order chi connectivity index (χ1) is 6.19. The van der Waals surface area contributed by atoms with Gasteiger partial charge in [0.25, 0.3) is 0 Å². The number of nitrogens with zero attached hydrogens (tertiary/aromatic N) is 2. The fourth-order valence-corrected chi connectivity index (χ4v) is 1.33. The summed E-state index contributed by atoms with van der Waals surface area (Å²) in [5, 5.41) is 8.70. The second-order valence-electron chi connectivity index (χ2n) is 2.48. The summed E-state index contributed by atoms with van der Waals surface area (Å²) < 4.78 is 6.03. The Morgan fingerprint density at radius 2 is 2.23 bits per heavy atom. The van der Waals surface area contributed by atoms with Crippen LogP contribution in [0, 0.1) is 11.5 Å². The third-order valence-corrected chi connectivity index (χ3v) is 2.15. The molecule has 0 saturated heterocycles. The molecule has 0 aliphatic carbocycles. The number of hydrogen-bond donors (Lipinski definition) is 0. The zero-order valence-electron chi connectivity index (χ0n) is 7.41. The molecule has 13 heavy (non-hydrogen) atoms. The van der Waals surface area contributed by atoms with Crippen molar-refractivity contribution in [3.63, 3.8) is 0 Å². The number of methoxy groups -OCH3 is 1. The molecule has 0 aliphatic rings. The van der Waals surface area contributed by atoms with Crippen molar-refractivity contribution >= 4 is 21.6 Å². The second kappa shape index (κ2) is 4.15. The summed E-state index contributed by atoms with van der Waals surface area (Å²) in [5.41, 5.74) is 0.749. The quantitative estimate of drug-likeness (QED) is 0.589. The van der Waals surface area contributed by atoms with Gasteiger partial charge in [0.1, 0.15) is 5.75 Å². The Morgan fingerprint density at radius 1 is 1.54 bits per heavy atom. The summed E-state index contributed by atoms with van der Waals surface area (Å²) in [6, 6.07) is 5.52. The van der Waals surface area contributed by atoms with Crippen LogP contribution in [0.3, 0.4) is 0 Å². The predicted octanol–water partition coefficient (Wildman–Crippen LogP) is 2.37. The Balaban J connectivity index is 3.17. The van der Waals surface area contributed by atoms with Gasteiger partial charge in [-0.15, -0.1) is 0 Å². The van der Waals surface area contributed by atoms with Crippen LogP contribution in [0.5, 0.6) is 5.75 Å². The summed E-state index contributed by atoms with van der Waals surface area (Å²) in [6.45, 7) is 0. The fourth-order valence-electron chi connectivity index (χ4n) is 0.979. The van der Waals surface area contributed by atoms with E-state index in [2.05, 4.69) is 15.9 Å². The maximum atomic E-state index is 8.70. The van der Waals surface area contributed by atoms with Gasteiger partial charge in [0.15, 0.2) is 6.19 Å². The van der Waals surface area contributed by atoms with E-state index >= 15 is 0 Å². The van der Waals surface area contributed by atoms with Crippen molar-refractivity contribution in [2.45, 2.75) is 0 Å². The molecule has 1 aromatic rings. The van der Waals surface area contributed by atoms with Gasteiger partial charge in [-0.2, -0.15) is 5.26 Å². The van der Waals surface area contributed by atoms with Crippen molar-refractivity contribution in [3.8, 4) is 11.9 Å². The van der Waals surface area contributed by atoms with Crippen LogP contribution < -0.4 is 9.64 Å². The summed E-state index contributed by atoms with van der Waals surface area (Å²) in [4.78, 5) is 1.45. The van der Waals surface area contributed by atoms with Crippen molar-refractivity contribution in [3.05, 3.63) is 22.7 Å². The zero-order chi connectivity index (χ0) is 9.84. The van der Waals surface area contributed by atoms with Crippen molar-refractivity contribution < 1.29 is 4.74 Å². The molecule has 0 saturated carbocycles. The van der Waals surface area contributed by atoms with E-state index in [0.29, 0.717) is 5.75 Å². The highest BCUT2D eigenvalue weighted by atomic mass is 79.9. The summed E-state index contributed by atoms with van der Waals surface area (Å²) in [6.07, 6.45) is 2.02. The normalized spacial score (nSPS) is 9.08. The predicted molar refractivity (Wildman–Crippen MR) is 54.7 cm³/mol. The number of halogens is 1. The van der Waals surface area contributed by atoms with E-state index < -0.39 is 0 Å². The third kappa shape index (κ3) is 2.13. The average Bonchev–Trinajstić information content (AvgIpc) is 2.16. The Kier molecular flexibility index (Phi) is 3.15. The zero-order valence-corrected chi connectivity index (χ0v) is 9.00. The van der Waals surface area contributed by atoms with Crippen LogP contribution >= 0.6 is 15.9 Å². The minimum Gasteiger partial charge on any atom is -0.495 e. The monoisotopic (exact) mass is 240 g/mol. The highest BCUT2D eigenvalue weighted by Gasteiger charge is 2.07. The molecule has 0 amide bonds. The lowest BCUT2D eigenvalue weighted by atomic mass is 10.3. The summed E-state index contributed by atoms with van der Waals surface area (Å²) in [5.74, 6) is 0.687. The molecule has 3 nitrogen and oxygen atoms in total. The average molecular weight is 241 g/mol. The van der Waals surface area contributed by atoms with E-state index in [1.165, 1.54) is 4.90 Å². The van der Waals surface area contributed by atoms with Crippen LogP contribution in [0.25, 0.3) is 0 Å². The molecule has 0 aromatic heterocycles. The largest absolute Gasteiger partial charge is 0.495 e. The highest BCUT2D eigenvalue weighted by molar-refractivity contribution is 9.10. The van der Waals surface area contributed by atoms with Crippen molar-refractivity contribution in [1.29, 1.82) is 5.26 Å². The number of anilines is 1. The fraction of sp³-hybridized carbons (Fsp3) is 0.222. The lowest BCUT2D eigenvalue weighted by Gasteiger charge is -2.13. The first-order valence-electron chi connectivity index (χ1n) is 3.66. The molecule has 0 heterocycles. The van der Waals surface area contributed by atoms with Crippen LogP contribution in [-0.4, -0.2) is 14.2 Å². The van der Waals surface area contributed by atoms with Crippen LogP contribution in [0.15, 0.2) is 22.7 Å². The molecule has 0 atom stereocenters. The Morgan fingerprint density at radius 3 is 2.77 bits per heavy atom. The van der Waals surface area contributed by atoms with Gasteiger partial charge in [0, 0.05) is 11.5 Å². The van der Waals surface area contributed by atoms with Gasteiger partial charge >= 0.3 is 0 Å². The van der Waals surface area contributed by atoms with Gasteiger partial charge in [-0.25, -0.2) is 0 Å². The number of nitriles is 1. The van der Waals surface area contributed by atoms with Crippen LogP contribution in [0.2, 0.25) is 0 Å². The molecule has 0 N–H and O–H groups in total. The molecule has 0 aliphatic heterocycles. The standard InChI is InChI=1S/C9H9BrN2O/c1-12(6-11)8-5-7(10)3-4-9(8)13-2/h3-5H,1-2H3. The lowest BCUT2D eigenvalue weighted by Crippen LogP contribution is -2.09. The number of ether oxygens (including phenoxy) is 1. The molecule has 0 bridgehead atoms. The van der Waals surface area contributed by atoms with Gasteiger partial charge in [-0.1, -0.05) is 15.9 Å². The molecular formula is C9H9BrN2O. The second-order valence-corrected chi connectivity index (χ2v) is 3.39. The number of benzene rings is 1. The van der Waals surface area contributed by atoms with Gasteiger partial charge in [0.05, 0.1) is 12.8 Å². The first kappa shape index (κ1) is 9.87. The molecule has 0 unspecified atom stereocenters. The van der Waals surface area contributed by atoms with Crippen molar-refractivity contribution in [1.82, 2.24) is 0 Å². The minimum atomic E-state index is 0.687. The van der Waals surface area contributed by atoms with E-state index in [1.807, 2.05) is 24.4 Å². The summed E-state index contributed by atoms with van der Waals surface area (Å²) >= 11 is 3.33. The van der Waals surface area contributed by atoms with Crippen molar-refractivity contribution in [2.24, 2.45) is 0 Å². The van der Waals surface area contributed by atoms with E-state index in [9.17, 15) is 0 Å². The van der Waals surface area contributed by atoms with Crippen molar-refractivity contribution in [2.75, 3.05) is 19.1 Å². The Bertz CT molecular complexity index is 346. The maximum absolute atomic E-state index is 8.70. The molecule has 0 spiro atoms. The van der Waals surface area contributed by atoms with Gasteiger partial charge in [-0.3, -0.25) is 4.90 Å². The van der Waals surface area contributed by atoms with Crippen LogP contribution in [0.4, 0.5) is 5.69 Å². The molecule has 68 valence electrons. The molecule has 1 aromatic carbocycles. The molecular weight excluding hydrogens is 232 g/mol. The molecule has 0 fully saturated rings.